The van der Waals surface area contributed by atoms with Crippen molar-refractivity contribution in [2.75, 3.05) is 6.54 Å². The van der Waals surface area contributed by atoms with E-state index in [0.29, 0.717) is 0 Å². The Kier molecular flexibility index (Phi) is 6.65. The first kappa shape index (κ1) is 14.9. The zero-order valence-corrected chi connectivity index (χ0v) is 11.0. The summed E-state index contributed by atoms with van der Waals surface area (Å²) in [6.45, 7) is 2.21. The average molecular weight is 257 g/mol. The molecule has 18 heavy (non-hydrogen) atoms. The van der Waals surface area contributed by atoms with Gasteiger partial charge in [-0.1, -0.05) is 38.0 Å². The lowest BCUT2D eigenvalue weighted by atomic mass is 10.1. The quantitative estimate of drug-likeness (QED) is 0.707. The van der Waals surface area contributed by atoms with E-state index in [9.17, 15) is 8.78 Å². The number of hydrogen-bond acceptors (Lipinski definition) is 2. The summed E-state index contributed by atoms with van der Waals surface area (Å²) in [5.41, 5.74) is 0.772. The zero-order valence-electron chi connectivity index (χ0n) is 11.0. The second kappa shape index (κ2) is 8.03. The maximum absolute atomic E-state index is 12.3. The fraction of sp³-hybridized carbons (Fsp3) is 0.571. The van der Waals surface area contributed by atoms with Gasteiger partial charge in [0.15, 0.2) is 0 Å². The van der Waals surface area contributed by atoms with Crippen molar-refractivity contribution in [3.63, 3.8) is 0 Å². The van der Waals surface area contributed by atoms with Gasteiger partial charge in [-0.25, -0.2) is 0 Å². The molecule has 0 amide bonds. The highest BCUT2D eigenvalue weighted by Crippen LogP contribution is 2.26. The molecule has 0 saturated carbocycles. The minimum Gasteiger partial charge on any atom is -0.434 e. The first-order chi connectivity index (χ1) is 8.65. The largest absolute Gasteiger partial charge is 0.434 e. The Balaban J connectivity index is 2.57. The molecule has 0 heterocycles. The number of benzene rings is 1. The molecule has 0 aromatic heterocycles. The SMILES string of the molecule is CCCCCNC(C)c1ccccc1OC(F)F. The summed E-state index contributed by atoms with van der Waals surface area (Å²) in [4.78, 5) is 0. The van der Waals surface area contributed by atoms with Gasteiger partial charge in [-0.15, -0.1) is 0 Å². The van der Waals surface area contributed by atoms with Crippen LogP contribution in [0, 0.1) is 0 Å². The first-order valence-corrected chi connectivity index (χ1v) is 6.42. The van der Waals surface area contributed by atoms with Crippen LogP contribution < -0.4 is 10.1 Å². The predicted molar refractivity (Wildman–Crippen MR) is 69.0 cm³/mol. The van der Waals surface area contributed by atoms with Crippen LogP contribution in [0.25, 0.3) is 0 Å². The van der Waals surface area contributed by atoms with Crippen LogP contribution >= 0.6 is 0 Å². The summed E-state index contributed by atoms with van der Waals surface area (Å²) >= 11 is 0. The van der Waals surface area contributed by atoms with E-state index in [0.717, 1.165) is 18.5 Å². The molecule has 1 unspecified atom stereocenters. The van der Waals surface area contributed by atoms with E-state index in [4.69, 9.17) is 0 Å². The fourth-order valence-corrected chi connectivity index (χ4v) is 1.85. The van der Waals surface area contributed by atoms with Crippen molar-refractivity contribution < 1.29 is 13.5 Å². The topological polar surface area (TPSA) is 21.3 Å². The number of unbranched alkanes of at least 4 members (excludes halogenated alkanes) is 2. The fourth-order valence-electron chi connectivity index (χ4n) is 1.85. The van der Waals surface area contributed by atoms with Crippen molar-refractivity contribution in [1.82, 2.24) is 5.32 Å². The Labute approximate surface area is 107 Å². The summed E-state index contributed by atoms with van der Waals surface area (Å²) < 4.78 is 29.1. The van der Waals surface area contributed by atoms with Gasteiger partial charge in [0.1, 0.15) is 5.75 Å². The second-order valence-electron chi connectivity index (χ2n) is 4.30. The van der Waals surface area contributed by atoms with Crippen LogP contribution in [0.3, 0.4) is 0 Å². The van der Waals surface area contributed by atoms with Gasteiger partial charge >= 0.3 is 6.61 Å². The molecule has 0 bridgehead atoms. The maximum atomic E-state index is 12.3. The van der Waals surface area contributed by atoms with Crippen LogP contribution in [0.15, 0.2) is 24.3 Å². The van der Waals surface area contributed by atoms with E-state index in [1.54, 1.807) is 12.1 Å². The van der Waals surface area contributed by atoms with E-state index in [1.165, 1.54) is 12.8 Å². The number of para-hydroxylation sites is 1. The Bertz CT molecular complexity index is 344. The van der Waals surface area contributed by atoms with Crippen molar-refractivity contribution in [2.45, 2.75) is 45.8 Å². The molecule has 1 rings (SSSR count). The standard InChI is InChI=1S/C14H21F2NO/c1-3-4-7-10-17-11(2)12-8-5-6-9-13(12)18-14(15)16/h5-6,8-9,11,14,17H,3-4,7,10H2,1-2H3. The van der Waals surface area contributed by atoms with E-state index in [1.807, 2.05) is 19.1 Å². The van der Waals surface area contributed by atoms with Crippen LogP contribution in [-0.2, 0) is 0 Å². The van der Waals surface area contributed by atoms with E-state index < -0.39 is 6.61 Å². The van der Waals surface area contributed by atoms with E-state index >= 15 is 0 Å². The molecule has 4 heteroatoms. The molecule has 0 radical (unpaired) electrons. The van der Waals surface area contributed by atoms with Crippen LogP contribution in [0.4, 0.5) is 8.78 Å². The molecule has 2 nitrogen and oxygen atoms in total. The van der Waals surface area contributed by atoms with Gasteiger partial charge in [0, 0.05) is 11.6 Å². The van der Waals surface area contributed by atoms with Crippen molar-refractivity contribution >= 4 is 0 Å². The lowest BCUT2D eigenvalue weighted by molar-refractivity contribution is -0.0506. The Morgan fingerprint density at radius 3 is 2.61 bits per heavy atom. The molecule has 102 valence electrons. The van der Waals surface area contributed by atoms with Crippen molar-refractivity contribution in [3.8, 4) is 5.75 Å². The smallest absolute Gasteiger partial charge is 0.387 e. The van der Waals surface area contributed by atoms with E-state index in [2.05, 4.69) is 17.0 Å². The zero-order chi connectivity index (χ0) is 13.4. The highest BCUT2D eigenvalue weighted by atomic mass is 19.3. The predicted octanol–water partition coefficient (Wildman–Crippen LogP) is 4.13. The minimum atomic E-state index is -2.78. The van der Waals surface area contributed by atoms with Crippen molar-refractivity contribution in [2.24, 2.45) is 0 Å². The monoisotopic (exact) mass is 257 g/mol. The van der Waals surface area contributed by atoms with Crippen LogP contribution in [0.5, 0.6) is 5.75 Å². The van der Waals surface area contributed by atoms with Crippen LogP contribution in [0.1, 0.15) is 44.7 Å². The van der Waals surface area contributed by atoms with E-state index in [-0.39, 0.29) is 11.8 Å². The summed E-state index contributed by atoms with van der Waals surface area (Å²) in [6, 6.07) is 6.93. The van der Waals surface area contributed by atoms with Gasteiger partial charge < -0.3 is 10.1 Å². The van der Waals surface area contributed by atoms with Crippen LogP contribution in [0.2, 0.25) is 0 Å². The van der Waals surface area contributed by atoms with Crippen molar-refractivity contribution in [1.29, 1.82) is 0 Å². The third-order valence-electron chi connectivity index (χ3n) is 2.83. The minimum absolute atomic E-state index is 0.0109. The molecule has 0 aliphatic heterocycles. The number of rotatable bonds is 8. The maximum Gasteiger partial charge on any atom is 0.387 e. The van der Waals surface area contributed by atoms with Gasteiger partial charge in [-0.2, -0.15) is 8.78 Å². The molecule has 1 aromatic rings. The Morgan fingerprint density at radius 1 is 1.22 bits per heavy atom. The molecule has 0 aliphatic carbocycles. The van der Waals surface area contributed by atoms with Gasteiger partial charge in [0.25, 0.3) is 0 Å². The number of alkyl halides is 2. The third-order valence-corrected chi connectivity index (χ3v) is 2.83. The number of nitrogens with one attached hydrogen (secondary N) is 1. The highest BCUT2D eigenvalue weighted by molar-refractivity contribution is 5.35. The Hall–Kier alpha value is -1.16. The molecule has 0 aliphatic rings. The summed E-state index contributed by atoms with van der Waals surface area (Å²) in [6.07, 6.45) is 3.44. The molecule has 0 fully saturated rings. The first-order valence-electron chi connectivity index (χ1n) is 6.42. The lowest BCUT2D eigenvalue weighted by Crippen LogP contribution is -2.20. The van der Waals surface area contributed by atoms with Gasteiger partial charge in [-0.3, -0.25) is 0 Å². The molecule has 1 N–H and O–H groups in total. The van der Waals surface area contributed by atoms with Gasteiger partial charge in [0.2, 0.25) is 0 Å². The molecule has 1 aromatic carbocycles. The third kappa shape index (κ3) is 5.00. The molecule has 0 saturated heterocycles. The Morgan fingerprint density at radius 2 is 1.94 bits per heavy atom. The normalized spacial score (nSPS) is 12.7. The number of hydrogen-bond donors (Lipinski definition) is 1. The van der Waals surface area contributed by atoms with Crippen LogP contribution in [-0.4, -0.2) is 13.2 Å². The lowest BCUT2D eigenvalue weighted by Gasteiger charge is -2.18. The molecule has 1 atom stereocenters. The van der Waals surface area contributed by atoms with Crippen molar-refractivity contribution in [3.05, 3.63) is 29.8 Å². The molecular formula is C14H21F2NO. The summed E-state index contributed by atoms with van der Waals surface area (Å²) in [5, 5.41) is 3.32. The second-order valence-corrected chi connectivity index (χ2v) is 4.30. The highest BCUT2D eigenvalue weighted by Gasteiger charge is 2.13. The summed E-state index contributed by atoms with van der Waals surface area (Å²) in [7, 11) is 0. The average Bonchev–Trinajstić information content (AvgIpc) is 2.34. The number of ether oxygens (including phenoxy) is 1. The summed E-state index contributed by atoms with van der Waals surface area (Å²) in [5.74, 6) is 0.253. The van der Waals surface area contributed by atoms with Gasteiger partial charge in [-0.05, 0) is 26.0 Å². The molecule has 0 spiro atoms. The molecular weight excluding hydrogens is 236 g/mol. The van der Waals surface area contributed by atoms with Gasteiger partial charge in [0.05, 0.1) is 0 Å². The number of halogens is 2.